The summed E-state index contributed by atoms with van der Waals surface area (Å²) < 4.78 is 1.70. The summed E-state index contributed by atoms with van der Waals surface area (Å²) in [6.07, 6.45) is 3.02. The smallest absolute Gasteiger partial charge is 0.281 e. The fourth-order valence-electron chi connectivity index (χ4n) is 3.23. The van der Waals surface area contributed by atoms with Crippen LogP contribution in [0.5, 0.6) is 0 Å². The Hall–Kier alpha value is -2.54. The molecule has 0 spiro atoms. The molecule has 0 atom stereocenters. The van der Waals surface area contributed by atoms with Crippen molar-refractivity contribution >= 4 is 11.2 Å². The van der Waals surface area contributed by atoms with Crippen LogP contribution in [-0.2, 0) is 13.0 Å². The number of hydrogen-bond acceptors (Lipinski definition) is 5. The molecule has 3 heterocycles. The number of nitrogens with zero attached hydrogens (tertiary/aromatic N) is 4. The van der Waals surface area contributed by atoms with E-state index in [0.29, 0.717) is 23.6 Å². The first kappa shape index (κ1) is 15.0. The summed E-state index contributed by atoms with van der Waals surface area (Å²) in [4.78, 5) is 19.8. The first-order valence-electron chi connectivity index (χ1n) is 8.36. The molecule has 0 amide bonds. The molecule has 0 saturated carbocycles. The molecule has 7 nitrogen and oxygen atoms in total. The summed E-state index contributed by atoms with van der Waals surface area (Å²) in [5, 5.41) is 11.5. The van der Waals surface area contributed by atoms with Crippen LogP contribution in [0, 0.1) is 5.92 Å². The molecule has 0 unspecified atom stereocenters. The molecule has 3 aromatic rings. The molecule has 4 rings (SSSR count). The van der Waals surface area contributed by atoms with E-state index in [0.717, 1.165) is 43.7 Å². The van der Waals surface area contributed by atoms with Gasteiger partial charge < -0.3 is 10.3 Å². The Labute approximate surface area is 139 Å². The molecule has 7 heteroatoms. The lowest BCUT2D eigenvalue weighted by atomic mass is 9.94. The van der Waals surface area contributed by atoms with Gasteiger partial charge in [-0.15, -0.1) is 5.10 Å². The van der Waals surface area contributed by atoms with Crippen molar-refractivity contribution < 1.29 is 0 Å². The Morgan fingerprint density at radius 1 is 1.17 bits per heavy atom. The van der Waals surface area contributed by atoms with E-state index in [-0.39, 0.29) is 5.56 Å². The molecular formula is C17H20N6O. The number of piperidine rings is 1. The number of H-pyrrole nitrogens is 1. The van der Waals surface area contributed by atoms with Crippen LogP contribution in [0.3, 0.4) is 0 Å². The Kier molecular flexibility index (Phi) is 4.08. The van der Waals surface area contributed by atoms with Crippen molar-refractivity contribution in [2.75, 3.05) is 13.1 Å². The van der Waals surface area contributed by atoms with Gasteiger partial charge >= 0.3 is 0 Å². The van der Waals surface area contributed by atoms with Gasteiger partial charge in [-0.1, -0.05) is 35.5 Å². The molecule has 24 heavy (non-hydrogen) atoms. The van der Waals surface area contributed by atoms with Gasteiger partial charge in [0.2, 0.25) is 0 Å². The van der Waals surface area contributed by atoms with E-state index < -0.39 is 0 Å². The van der Waals surface area contributed by atoms with Crippen molar-refractivity contribution in [2.45, 2.75) is 25.8 Å². The van der Waals surface area contributed by atoms with E-state index in [1.807, 2.05) is 30.3 Å². The van der Waals surface area contributed by atoms with E-state index >= 15 is 0 Å². The van der Waals surface area contributed by atoms with Crippen molar-refractivity contribution in [3.63, 3.8) is 0 Å². The molecule has 1 aliphatic rings. The van der Waals surface area contributed by atoms with Gasteiger partial charge in [-0.2, -0.15) is 0 Å². The topological polar surface area (TPSA) is 88.5 Å². The summed E-state index contributed by atoms with van der Waals surface area (Å²) in [7, 11) is 0. The number of benzene rings is 1. The average Bonchev–Trinajstić information content (AvgIpc) is 3.00. The number of hydrogen-bond donors (Lipinski definition) is 2. The van der Waals surface area contributed by atoms with Crippen LogP contribution in [0.1, 0.15) is 24.2 Å². The van der Waals surface area contributed by atoms with Crippen molar-refractivity contribution in [2.24, 2.45) is 5.92 Å². The van der Waals surface area contributed by atoms with Crippen LogP contribution in [0.2, 0.25) is 0 Å². The first-order chi connectivity index (χ1) is 11.8. The molecule has 1 saturated heterocycles. The standard InChI is InChI=1S/C17H20N6O/c24-17-15-16(19-14(20-17)10-12-6-8-18-9-7-12)23(22-21-15)11-13-4-2-1-3-5-13/h1-5,12,18H,6-11H2,(H,19,20,24). The third-order valence-electron chi connectivity index (χ3n) is 4.54. The first-order valence-corrected chi connectivity index (χ1v) is 8.36. The second-order valence-electron chi connectivity index (χ2n) is 6.32. The van der Waals surface area contributed by atoms with Gasteiger partial charge in [0.05, 0.1) is 6.54 Å². The van der Waals surface area contributed by atoms with Gasteiger partial charge in [-0.3, -0.25) is 4.79 Å². The highest BCUT2D eigenvalue weighted by Crippen LogP contribution is 2.16. The zero-order valence-corrected chi connectivity index (χ0v) is 13.4. The molecule has 0 aliphatic carbocycles. The Morgan fingerprint density at radius 3 is 2.75 bits per heavy atom. The van der Waals surface area contributed by atoms with Gasteiger partial charge in [0.15, 0.2) is 11.2 Å². The summed E-state index contributed by atoms with van der Waals surface area (Å²) in [5.41, 5.74) is 1.76. The number of aromatic nitrogens is 5. The number of aromatic amines is 1. The maximum Gasteiger partial charge on any atom is 0.281 e. The molecule has 0 bridgehead atoms. The normalized spacial score (nSPS) is 15.8. The van der Waals surface area contributed by atoms with Crippen LogP contribution in [0.15, 0.2) is 35.1 Å². The zero-order chi connectivity index (χ0) is 16.4. The third-order valence-corrected chi connectivity index (χ3v) is 4.54. The Morgan fingerprint density at radius 2 is 1.96 bits per heavy atom. The summed E-state index contributed by atoms with van der Waals surface area (Å²) in [5.74, 6) is 1.29. The zero-order valence-electron chi connectivity index (χ0n) is 13.4. The number of fused-ring (bicyclic) bond motifs is 1. The molecule has 1 fully saturated rings. The lowest BCUT2D eigenvalue weighted by Crippen LogP contribution is -2.29. The highest BCUT2D eigenvalue weighted by molar-refractivity contribution is 5.68. The highest BCUT2D eigenvalue weighted by Gasteiger charge is 2.17. The van der Waals surface area contributed by atoms with E-state index in [4.69, 9.17) is 0 Å². The molecule has 1 aliphatic heterocycles. The van der Waals surface area contributed by atoms with Crippen LogP contribution in [0.4, 0.5) is 0 Å². The summed E-state index contributed by atoms with van der Waals surface area (Å²) in [6, 6.07) is 9.99. The predicted molar refractivity (Wildman–Crippen MR) is 90.8 cm³/mol. The van der Waals surface area contributed by atoms with Gasteiger partial charge in [0, 0.05) is 6.42 Å². The van der Waals surface area contributed by atoms with Crippen molar-refractivity contribution in [3.05, 3.63) is 52.1 Å². The van der Waals surface area contributed by atoms with Gasteiger partial charge in [0.1, 0.15) is 5.82 Å². The van der Waals surface area contributed by atoms with Crippen molar-refractivity contribution in [3.8, 4) is 0 Å². The maximum absolute atomic E-state index is 12.3. The lowest BCUT2D eigenvalue weighted by Gasteiger charge is -2.21. The Balaban J connectivity index is 1.65. The Bertz CT molecular complexity index is 879. The second-order valence-corrected chi connectivity index (χ2v) is 6.32. The van der Waals surface area contributed by atoms with E-state index in [1.165, 1.54) is 0 Å². The fraction of sp³-hybridized carbons (Fsp3) is 0.412. The highest BCUT2D eigenvalue weighted by atomic mass is 16.1. The number of rotatable bonds is 4. The molecule has 1 aromatic carbocycles. The molecule has 2 N–H and O–H groups in total. The summed E-state index contributed by atoms with van der Waals surface area (Å²) >= 11 is 0. The van der Waals surface area contributed by atoms with E-state index in [2.05, 4.69) is 25.6 Å². The second kappa shape index (κ2) is 6.52. The number of nitrogens with one attached hydrogen (secondary N) is 2. The largest absolute Gasteiger partial charge is 0.317 e. The van der Waals surface area contributed by atoms with E-state index in [1.54, 1.807) is 4.68 Å². The maximum atomic E-state index is 12.3. The van der Waals surface area contributed by atoms with Crippen molar-refractivity contribution in [1.29, 1.82) is 0 Å². The minimum absolute atomic E-state index is 0.205. The SMILES string of the molecule is O=c1[nH]c(CC2CCNCC2)nc2c1nnn2Cc1ccccc1. The predicted octanol–water partition coefficient (Wildman–Crippen LogP) is 1.10. The van der Waals surface area contributed by atoms with Crippen LogP contribution in [0.25, 0.3) is 11.2 Å². The average molecular weight is 324 g/mol. The van der Waals surface area contributed by atoms with Gasteiger partial charge in [-0.25, -0.2) is 9.67 Å². The third kappa shape index (κ3) is 3.07. The molecule has 0 radical (unpaired) electrons. The van der Waals surface area contributed by atoms with Gasteiger partial charge in [0.25, 0.3) is 5.56 Å². The minimum Gasteiger partial charge on any atom is -0.317 e. The van der Waals surface area contributed by atoms with Crippen LogP contribution in [-0.4, -0.2) is 38.1 Å². The van der Waals surface area contributed by atoms with Crippen LogP contribution < -0.4 is 10.9 Å². The van der Waals surface area contributed by atoms with Crippen LogP contribution >= 0.6 is 0 Å². The quantitative estimate of drug-likeness (QED) is 0.750. The lowest BCUT2D eigenvalue weighted by molar-refractivity contribution is 0.367. The fourth-order valence-corrected chi connectivity index (χ4v) is 3.23. The van der Waals surface area contributed by atoms with Crippen molar-refractivity contribution in [1.82, 2.24) is 30.3 Å². The summed E-state index contributed by atoms with van der Waals surface area (Å²) in [6.45, 7) is 2.62. The van der Waals surface area contributed by atoms with E-state index in [9.17, 15) is 4.79 Å². The van der Waals surface area contributed by atoms with Gasteiger partial charge in [-0.05, 0) is 37.4 Å². The molecule has 124 valence electrons. The minimum atomic E-state index is -0.205. The monoisotopic (exact) mass is 324 g/mol. The molecular weight excluding hydrogens is 304 g/mol. The molecule has 2 aromatic heterocycles.